The number of aromatic nitrogens is 1. The van der Waals surface area contributed by atoms with E-state index in [0.717, 1.165) is 0 Å². The van der Waals surface area contributed by atoms with Crippen LogP contribution < -0.4 is 0 Å². The van der Waals surface area contributed by atoms with Gasteiger partial charge in [-0.05, 0) is 18.9 Å². The quantitative estimate of drug-likeness (QED) is 0.713. The third-order valence-electron chi connectivity index (χ3n) is 2.61. The first-order valence-electron chi connectivity index (χ1n) is 4.54. The minimum absolute atomic E-state index is 0.0631. The first kappa shape index (κ1) is 11.2. The third-order valence-corrected chi connectivity index (χ3v) is 2.82. The van der Waals surface area contributed by atoms with Crippen LogP contribution >= 0.6 is 11.6 Å². The molecule has 0 saturated heterocycles. The molecule has 1 fully saturated rings. The maximum absolute atomic E-state index is 12.7. The Labute approximate surface area is 94.7 Å². The summed E-state index contributed by atoms with van der Waals surface area (Å²) in [5.74, 6) is 0. The van der Waals surface area contributed by atoms with Gasteiger partial charge in [-0.2, -0.15) is 18.4 Å². The van der Waals surface area contributed by atoms with E-state index in [1.807, 2.05) is 6.07 Å². The maximum Gasteiger partial charge on any atom is 0.433 e. The van der Waals surface area contributed by atoms with Gasteiger partial charge in [0.15, 0.2) is 5.69 Å². The molecule has 0 unspecified atom stereocenters. The van der Waals surface area contributed by atoms with E-state index in [1.54, 1.807) is 0 Å². The van der Waals surface area contributed by atoms with Gasteiger partial charge in [0.1, 0.15) is 5.15 Å². The monoisotopic (exact) mass is 246 g/mol. The molecule has 1 saturated carbocycles. The van der Waals surface area contributed by atoms with E-state index in [-0.39, 0.29) is 10.7 Å². The molecule has 2 rings (SSSR count). The number of halogens is 4. The molecule has 1 aliphatic carbocycles. The van der Waals surface area contributed by atoms with Crippen LogP contribution in [0.15, 0.2) is 12.1 Å². The largest absolute Gasteiger partial charge is 0.433 e. The van der Waals surface area contributed by atoms with E-state index in [2.05, 4.69) is 4.98 Å². The summed E-state index contributed by atoms with van der Waals surface area (Å²) in [6.45, 7) is 0. The van der Waals surface area contributed by atoms with Crippen LogP contribution in [0, 0.1) is 11.3 Å². The fraction of sp³-hybridized carbons (Fsp3) is 0.400. The van der Waals surface area contributed by atoms with E-state index in [0.29, 0.717) is 12.8 Å². The summed E-state index contributed by atoms with van der Waals surface area (Å²) < 4.78 is 38.1. The molecule has 0 aliphatic heterocycles. The molecule has 1 aromatic heterocycles. The fourth-order valence-corrected chi connectivity index (χ4v) is 1.75. The van der Waals surface area contributed by atoms with Crippen LogP contribution in [-0.2, 0) is 11.6 Å². The second-order valence-electron chi connectivity index (χ2n) is 3.72. The van der Waals surface area contributed by atoms with Gasteiger partial charge in [0.05, 0.1) is 11.5 Å². The Hall–Kier alpha value is -1.28. The normalized spacial score (nSPS) is 17.9. The zero-order chi connectivity index (χ0) is 12.0. The molecule has 0 radical (unpaired) electrons. The summed E-state index contributed by atoms with van der Waals surface area (Å²) in [7, 11) is 0. The summed E-state index contributed by atoms with van der Waals surface area (Å²) in [5, 5.41) is 8.67. The zero-order valence-electron chi connectivity index (χ0n) is 7.98. The Bertz CT molecular complexity index is 472. The van der Waals surface area contributed by atoms with Gasteiger partial charge in [-0.1, -0.05) is 17.7 Å². The van der Waals surface area contributed by atoms with Gasteiger partial charge < -0.3 is 0 Å². The van der Waals surface area contributed by atoms with Crippen LogP contribution in [0.1, 0.15) is 24.1 Å². The van der Waals surface area contributed by atoms with Crippen LogP contribution in [0.4, 0.5) is 13.2 Å². The summed E-state index contributed by atoms with van der Waals surface area (Å²) in [6.07, 6.45) is -3.70. The second-order valence-corrected chi connectivity index (χ2v) is 4.11. The molecule has 0 spiro atoms. The lowest BCUT2D eigenvalue weighted by atomic mass is 9.96. The minimum atomic E-state index is -4.58. The summed E-state index contributed by atoms with van der Waals surface area (Å²) in [6, 6.07) is 4.44. The molecule has 2 nitrogen and oxygen atoms in total. The number of pyridine rings is 1. The molecule has 0 amide bonds. The van der Waals surface area contributed by atoms with Crippen LogP contribution in [0.5, 0.6) is 0 Å². The zero-order valence-corrected chi connectivity index (χ0v) is 8.73. The standard InChI is InChI=1S/C10H6ClF3N2/c11-7-2-1-6(9(5-15)3-4-9)8(16-7)10(12,13)14/h1-2H,3-4H2. The fourth-order valence-electron chi connectivity index (χ4n) is 1.60. The summed E-state index contributed by atoms with van der Waals surface area (Å²) >= 11 is 5.44. The number of hydrogen-bond donors (Lipinski definition) is 0. The van der Waals surface area contributed by atoms with Gasteiger partial charge in [-0.25, -0.2) is 4.98 Å². The van der Waals surface area contributed by atoms with Crippen molar-refractivity contribution in [3.8, 4) is 6.07 Å². The SMILES string of the molecule is N#CC1(c2ccc(Cl)nc2C(F)(F)F)CC1. The van der Waals surface area contributed by atoms with Crippen molar-refractivity contribution >= 4 is 11.6 Å². The lowest BCUT2D eigenvalue weighted by Crippen LogP contribution is -2.17. The number of nitriles is 1. The second kappa shape index (κ2) is 3.36. The highest BCUT2D eigenvalue weighted by Gasteiger charge is 2.50. The average Bonchev–Trinajstić information content (AvgIpc) is 2.97. The van der Waals surface area contributed by atoms with Crippen LogP contribution in [-0.4, -0.2) is 4.98 Å². The van der Waals surface area contributed by atoms with Crippen molar-refractivity contribution in [2.24, 2.45) is 0 Å². The predicted octanol–water partition coefficient (Wildman–Crippen LogP) is 3.31. The molecular formula is C10H6ClF3N2. The van der Waals surface area contributed by atoms with Crippen molar-refractivity contribution in [3.05, 3.63) is 28.5 Å². The maximum atomic E-state index is 12.7. The van der Waals surface area contributed by atoms with Crippen molar-refractivity contribution in [1.82, 2.24) is 4.98 Å². The molecule has 0 N–H and O–H groups in total. The highest BCUT2D eigenvalue weighted by atomic mass is 35.5. The molecule has 0 aromatic carbocycles. The van der Waals surface area contributed by atoms with E-state index in [1.165, 1.54) is 12.1 Å². The molecule has 1 aromatic rings. The number of alkyl halides is 3. The van der Waals surface area contributed by atoms with E-state index < -0.39 is 17.3 Å². The lowest BCUT2D eigenvalue weighted by molar-refractivity contribution is -0.142. The van der Waals surface area contributed by atoms with Gasteiger partial charge in [0, 0.05) is 5.56 Å². The van der Waals surface area contributed by atoms with Crippen LogP contribution in [0.2, 0.25) is 5.15 Å². The number of rotatable bonds is 1. The molecule has 16 heavy (non-hydrogen) atoms. The van der Waals surface area contributed by atoms with Gasteiger partial charge in [0.2, 0.25) is 0 Å². The minimum Gasteiger partial charge on any atom is -0.231 e. The number of nitrogens with zero attached hydrogens (tertiary/aromatic N) is 2. The third kappa shape index (κ3) is 1.74. The molecular weight excluding hydrogens is 241 g/mol. The molecule has 0 bridgehead atoms. The average molecular weight is 247 g/mol. The summed E-state index contributed by atoms with van der Waals surface area (Å²) in [5.41, 5.74) is -2.12. The highest BCUT2D eigenvalue weighted by Crippen LogP contribution is 2.51. The number of hydrogen-bond acceptors (Lipinski definition) is 2. The van der Waals surface area contributed by atoms with Gasteiger partial charge in [-0.3, -0.25) is 0 Å². The topological polar surface area (TPSA) is 36.7 Å². The van der Waals surface area contributed by atoms with Gasteiger partial charge >= 0.3 is 6.18 Å². The van der Waals surface area contributed by atoms with Crippen LogP contribution in [0.25, 0.3) is 0 Å². The Kier molecular flexibility index (Phi) is 2.35. The van der Waals surface area contributed by atoms with Crippen molar-refractivity contribution in [2.75, 3.05) is 0 Å². The summed E-state index contributed by atoms with van der Waals surface area (Å²) in [4.78, 5) is 3.29. The Morgan fingerprint density at radius 2 is 2.00 bits per heavy atom. The van der Waals surface area contributed by atoms with Crippen molar-refractivity contribution < 1.29 is 13.2 Å². The Morgan fingerprint density at radius 3 is 2.44 bits per heavy atom. The molecule has 1 heterocycles. The molecule has 1 aliphatic rings. The smallest absolute Gasteiger partial charge is 0.231 e. The van der Waals surface area contributed by atoms with E-state index >= 15 is 0 Å². The molecule has 0 atom stereocenters. The first-order valence-corrected chi connectivity index (χ1v) is 4.92. The Balaban J connectivity index is 2.59. The van der Waals surface area contributed by atoms with Gasteiger partial charge in [-0.15, -0.1) is 0 Å². The van der Waals surface area contributed by atoms with Crippen LogP contribution in [0.3, 0.4) is 0 Å². The predicted molar refractivity (Wildman–Crippen MR) is 50.8 cm³/mol. The van der Waals surface area contributed by atoms with Crippen molar-refractivity contribution in [1.29, 1.82) is 5.26 Å². The van der Waals surface area contributed by atoms with Gasteiger partial charge in [0.25, 0.3) is 0 Å². The van der Waals surface area contributed by atoms with E-state index in [4.69, 9.17) is 16.9 Å². The van der Waals surface area contributed by atoms with Crippen molar-refractivity contribution in [2.45, 2.75) is 24.4 Å². The highest BCUT2D eigenvalue weighted by molar-refractivity contribution is 6.29. The molecule has 6 heteroatoms. The van der Waals surface area contributed by atoms with Crippen molar-refractivity contribution in [3.63, 3.8) is 0 Å². The Morgan fingerprint density at radius 1 is 1.38 bits per heavy atom. The molecule has 84 valence electrons. The lowest BCUT2D eigenvalue weighted by Gasteiger charge is -2.14. The first-order chi connectivity index (χ1) is 7.39. The van der Waals surface area contributed by atoms with E-state index in [9.17, 15) is 13.2 Å².